The Morgan fingerprint density at radius 2 is 1.00 bits per heavy atom. The first-order chi connectivity index (χ1) is 20.0. The predicted octanol–water partition coefficient (Wildman–Crippen LogP) is 5.51. The van der Waals surface area contributed by atoms with E-state index in [2.05, 4.69) is 84.8 Å². The molecule has 4 N–H and O–H groups in total. The Morgan fingerprint density at radius 3 is 1.35 bits per heavy atom. The van der Waals surface area contributed by atoms with E-state index in [4.69, 9.17) is 0 Å². The first kappa shape index (κ1) is 36.0. The number of nitrogens with zero attached hydrogens (tertiary/aromatic N) is 2. The van der Waals surface area contributed by atoms with Crippen LogP contribution in [0.25, 0.3) is 0 Å². The summed E-state index contributed by atoms with van der Waals surface area (Å²) >= 11 is 12.8. The van der Waals surface area contributed by atoms with E-state index in [0.29, 0.717) is 29.0 Å². The maximum atomic E-state index is 11.8. The molecular weight excluding hydrogens is 871 g/mol. The topological polar surface area (TPSA) is 169 Å². The maximum absolute atomic E-state index is 11.8. The summed E-state index contributed by atoms with van der Waals surface area (Å²) in [5.74, 6) is -1.88. The molecule has 0 unspecified atom stereocenters. The van der Waals surface area contributed by atoms with Gasteiger partial charge in [0.05, 0.1) is 23.6 Å². The number of phenolic OH excluding ortho intramolecular Hbond substituents is 2. The van der Waals surface area contributed by atoms with Crippen molar-refractivity contribution < 1.29 is 47.1 Å². The minimum atomic E-state index is -0.564. The van der Waals surface area contributed by atoms with Crippen molar-refractivity contribution in [2.75, 3.05) is 0 Å². The number of halogens is 4. The van der Waals surface area contributed by atoms with Crippen molar-refractivity contribution in [2.24, 2.45) is 10.2 Å². The van der Waals surface area contributed by atoms with Crippen LogP contribution in [0.2, 0.25) is 0 Å². The molecule has 0 spiro atoms. The summed E-state index contributed by atoms with van der Waals surface area (Å²) in [5.41, 5.74) is 5.35. The molecule has 0 fully saturated rings. The maximum Gasteiger partial charge on any atom is 2.00 e. The Balaban J connectivity index is 0.000000293. The van der Waals surface area contributed by atoms with Crippen LogP contribution in [0, 0.1) is 0 Å². The van der Waals surface area contributed by atoms with Crippen LogP contribution in [0.4, 0.5) is 0 Å². The molecule has 2 amide bonds. The fourth-order valence-corrected chi connectivity index (χ4v) is 5.64. The Hall–Kier alpha value is -3.20. The number of benzene rings is 4. The first-order valence-corrected chi connectivity index (χ1v) is 14.7. The van der Waals surface area contributed by atoms with Gasteiger partial charge in [0.15, 0.2) is 0 Å². The quantitative estimate of drug-likeness (QED) is 0.113. The number of amides is 2. The summed E-state index contributed by atoms with van der Waals surface area (Å²) in [6.07, 6.45) is 2.49. The van der Waals surface area contributed by atoms with Crippen LogP contribution in [0.15, 0.2) is 101 Å². The van der Waals surface area contributed by atoms with Crippen LogP contribution < -0.4 is 21.1 Å². The molecule has 0 aliphatic carbocycles. The van der Waals surface area contributed by atoms with Gasteiger partial charge in [0.2, 0.25) is 0 Å². The molecule has 4 aromatic carbocycles. The number of hydrogen-bond donors (Lipinski definition) is 4. The van der Waals surface area contributed by atoms with Gasteiger partial charge in [0.25, 0.3) is 11.8 Å². The predicted molar refractivity (Wildman–Crippen MR) is 169 cm³/mol. The largest absolute Gasteiger partial charge is 2.00 e. The molecule has 1 radical (unpaired) electrons. The molecule has 10 nitrogen and oxygen atoms in total. The number of carbonyl (C=O) groups excluding carboxylic acids is 2. The minimum absolute atomic E-state index is 0. The molecule has 225 valence electrons. The smallest absolute Gasteiger partial charge is 0.871 e. The molecule has 43 heavy (non-hydrogen) atoms. The standard InChI is InChI=1S/2C14H10Br2N2O3.Cu/c2*15-9-5-8(13(20)11(16)6-9)7-17-18-14(21)10-3-1-2-4-12(10)19;/h2*1-7,19-20H,(H,18,21);/q;;+2/p-2/b2*17-7+;. The van der Waals surface area contributed by atoms with Crippen molar-refractivity contribution >= 4 is 88.0 Å². The molecule has 4 aromatic rings. The summed E-state index contributed by atoms with van der Waals surface area (Å²) in [5, 5.41) is 50.1. The first-order valence-electron chi connectivity index (χ1n) is 11.5. The molecule has 0 bridgehead atoms. The second-order valence-electron chi connectivity index (χ2n) is 8.04. The van der Waals surface area contributed by atoms with Crippen molar-refractivity contribution in [2.45, 2.75) is 0 Å². The average molecular weight is 890 g/mol. The molecule has 0 aliphatic heterocycles. The zero-order valence-corrected chi connectivity index (χ0v) is 28.6. The Labute approximate surface area is 289 Å². The number of hydrogen-bond acceptors (Lipinski definition) is 8. The summed E-state index contributed by atoms with van der Waals surface area (Å²) in [4.78, 5) is 23.6. The van der Waals surface area contributed by atoms with Gasteiger partial charge in [-0.15, -0.1) is 0 Å². The second kappa shape index (κ2) is 17.2. The van der Waals surface area contributed by atoms with Gasteiger partial charge in [-0.1, -0.05) is 99.5 Å². The van der Waals surface area contributed by atoms with E-state index in [1.807, 2.05) is 0 Å². The van der Waals surface area contributed by atoms with Gasteiger partial charge in [0, 0.05) is 17.9 Å². The average Bonchev–Trinajstić information content (AvgIpc) is 2.94. The van der Waals surface area contributed by atoms with Gasteiger partial charge in [-0.05, 0) is 59.7 Å². The van der Waals surface area contributed by atoms with Gasteiger partial charge in [-0.25, -0.2) is 10.9 Å². The monoisotopic (exact) mass is 885 g/mol. The van der Waals surface area contributed by atoms with E-state index < -0.39 is 11.8 Å². The molecule has 0 saturated heterocycles. The minimum Gasteiger partial charge on any atom is -0.871 e. The van der Waals surface area contributed by atoms with Gasteiger partial charge in [-0.2, -0.15) is 10.2 Å². The van der Waals surface area contributed by atoms with E-state index in [9.17, 15) is 30.0 Å². The van der Waals surface area contributed by atoms with Crippen LogP contribution >= 0.6 is 63.7 Å². The number of aromatic hydroxyl groups is 2. The molecule has 0 atom stereocenters. The molecule has 15 heteroatoms. The summed E-state index contributed by atoms with van der Waals surface area (Å²) in [6, 6.07) is 18.6. The zero-order valence-electron chi connectivity index (χ0n) is 21.3. The van der Waals surface area contributed by atoms with Crippen LogP contribution in [-0.4, -0.2) is 34.5 Å². The fourth-order valence-electron chi connectivity index (χ4n) is 3.12. The SMILES string of the molecule is O=C(N/N=C/c1cc(Br)cc(Br)c1[O-])c1ccccc1O.O=C(N/N=C/c1cc(Br)cc(Br)c1[O-])c1ccccc1O.[Cu+2]. The fraction of sp³-hybridized carbons (Fsp3) is 0. The molecular formula is C28H18Br4CuN4O6. The van der Waals surface area contributed by atoms with Crippen molar-refractivity contribution in [1.29, 1.82) is 0 Å². The van der Waals surface area contributed by atoms with Gasteiger partial charge >= 0.3 is 17.1 Å². The molecule has 0 aliphatic rings. The third-order valence-corrected chi connectivity index (χ3v) is 7.20. The number of rotatable bonds is 6. The molecule has 0 heterocycles. The van der Waals surface area contributed by atoms with Gasteiger partial charge < -0.3 is 20.4 Å². The normalized spacial score (nSPS) is 10.5. The summed E-state index contributed by atoms with van der Waals surface area (Å²) in [6.45, 7) is 0. The van der Waals surface area contributed by atoms with E-state index >= 15 is 0 Å². The second-order valence-corrected chi connectivity index (χ2v) is 11.6. The van der Waals surface area contributed by atoms with Gasteiger partial charge in [-0.3, -0.25) is 9.59 Å². The Bertz CT molecular complexity index is 1560. The third-order valence-electron chi connectivity index (χ3n) is 5.11. The Morgan fingerprint density at radius 1 is 0.651 bits per heavy atom. The van der Waals surface area contributed by atoms with Crippen molar-refractivity contribution in [3.8, 4) is 23.0 Å². The van der Waals surface area contributed by atoms with Crippen molar-refractivity contribution in [3.63, 3.8) is 0 Å². The van der Waals surface area contributed by atoms with Crippen molar-refractivity contribution in [1.82, 2.24) is 10.9 Å². The summed E-state index contributed by atoms with van der Waals surface area (Å²) < 4.78 is 2.21. The van der Waals surface area contributed by atoms with Crippen LogP contribution in [0.1, 0.15) is 31.8 Å². The molecule has 0 aromatic heterocycles. The van der Waals surface area contributed by atoms with E-state index in [1.165, 1.54) is 36.7 Å². The van der Waals surface area contributed by atoms with E-state index in [1.54, 1.807) is 48.5 Å². The molecule has 4 rings (SSSR count). The van der Waals surface area contributed by atoms with Gasteiger partial charge in [0.1, 0.15) is 11.5 Å². The Kier molecular flexibility index (Phi) is 14.4. The number of hydrazone groups is 2. The zero-order chi connectivity index (χ0) is 30.8. The van der Waals surface area contributed by atoms with E-state index in [0.717, 1.165) is 0 Å². The number of para-hydroxylation sites is 2. The van der Waals surface area contributed by atoms with Crippen LogP contribution in [0.3, 0.4) is 0 Å². The number of carbonyl (C=O) groups is 2. The van der Waals surface area contributed by atoms with Crippen LogP contribution in [0.5, 0.6) is 23.0 Å². The number of nitrogens with one attached hydrogen (secondary N) is 2. The molecule has 0 saturated carbocycles. The number of phenols is 2. The summed E-state index contributed by atoms with van der Waals surface area (Å²) in [7, 11) is 0. The van der Waals surface area contributed by atoms with Crippen LogP contribution in [-0.2, 0) is 17.1 Å². The van der Waals surface area contributed by atoms with E-state index in [-0.39, 0.29) is 51.2 Å². The third kappa shape index (κ3) is 10.5. The van der Waals surface area contributed by atoms with Crippen molar-refractivity contribution in [3.05, 3.63) is 113 Å².